The summed E-state index contributed by atoms with van der Waals surface area (Å²) in [4.78, 5) is 60.4. The molecule has 0 spiro atoms. The highest BCUT2D eigenvalue weighted by molar-refractivity contribution is 8.13. The van der Waals surface area contributed by atoms with Gasteiger partial charge in [0.2, 0.25) is 12.0 Å². The number of rotatable bonds is 4. The lowest BCUT2D eigenvalue weighted by molar-refractivity contribution is -0.169. The number of amides is 2. The standard InChI is InChI=1S/C17H27N3O7S/c1-3-9-26-16(25)17(2,18)14-15(24)20-7-6-11(21)19-8-10-28-13(23)5-4-12(22)27-14/h14H,3-10,18H2,1-2H3,(H,19,21)(H,20,24)/t14?,17-/m1/s1. The Bertz CT molecular complexity index is 610. The fraction of sp³-hybridized carbons (Fsp3) is 0.706. The third-order valence-electron chi connectivity index (χ3n) is 3.78. The molecule has 1 saturated heterocycles. The van der Waals surface area contributed by atoms with E-state index in [4.69, 9.17) is 15.2 Å². The first-order valence-electron chi connectivity index (χ1n) is 9.04. The number of nitrogens with one attached hydrogen (secondary N) is 2. The summed E-state index contributed by atoms with van der Waals surface area (Å²) in [5.74, 6) is -2.49. The summed E-state index contributed by atoms with van der Waals surface area (Å²) in [6, 6.07) is 0. The van der Waals surface area contributed by atoms with Crippen LogP contribution in [0.5, 0.6) is 0 Å². The van der Waals surface area contributed by atoms with Crippen LogP contribution in [0.2, 0.25) is 0 Å². The molecule has 1 rings (SSSR count). The zero-order valence-corrected chi connectivity index (χ0v) is 16.9. The summed E-state index contributed by atoms with van der Waals surface area (Å²) in [6.45, 7) is 3.37. The number of hydrogen-bond acceptors (Lipinski definition) is 9. The summed E-state index contributed by atoms with van der Waals surface area (Å²) in [5.41, 5.74) is 4.04. The maximum absolute atomic E-state index is 12.5. The molecule has 2 atom stereocenters. The van der Waals surface area contributed by atoms with Crippen molar-refractivity contribution in [1.82, 2.24) is 10.6 Å². The first-order valence-corrected chi connectivity index (χ1v) is 10.0. The molecule has 158 valence electrons. The van der Waals surface area contributed by atoms with Crippen molar-refractivity contribution >= 4 is 40.6 Å². The van der Waals surface area contributed by atoms with Gasteiger partial charge < -0.3 is 25.8 Å². The van der Waals surface area contributed by atoms with Gasteiger partial charge in [0, 0.05) is 31.7 Å². The number of ether oxygens (including phenoxy) is 2. The van der Waals surface area contributed by atoms with E-state index in [1.54, 1.807) is 6.92 Å². The minimum Gasteiger partial charge on any atom is -0.464 e. The van der Waals surface area contributed by atoms with Crippen LogP contribution >= 0.6 is 11.8 Å². The molecule has 0 aromatic heterocycles. The Balaban J connectivity index is 2.96. The van der Waals surface area contributed by atoms with E-state index in [-0.39, 0.29) is 43.4 Å². The van der Waals surface area contributed by atoms with Gasteiger partial charge in [0.15, 0.2) is 10.7 Å². The van der Waals surface area contributed by atoms with Crippen LogP contribution in [-0.4, -0.2) is 66.0 Å². The van der Waals surface area contributed by atoms with Gasteiger partial charge in [-0.3, -0.25) is 19.2 Å². The van der Waals surface area contributed by atoms with E-state index in [0.29, 0.717) is 18.7 Å². The van der Waals surface area contributed by atoms with E-state index in [9.17, 15) is 24.0 Å². The fourth-order valence-electron chi connectivity index (χ4n) is 2.21. The van der Waals surface area contributed by atoms with Gasteiger partial charge in [-0.25, -0.2) is 4.79 Å². The Labute approximate surface area is 167 Å². The van der Waals surface area contributed by atoms with Crippen LogP contribution in [-0.2, 0) is 33.4 Å². The van der Waals surface area contributed by atoms with Gasteiger partial charge in [-0.15, -0.1) is 0 Å². The summed E-state index contributed by atoms with van der Waals surface area (Å²) >= 11 is 0.990. The quantitative estimate of drug-likeness (QED) is 0.501. The van der Waals surface area contributed by atoms with Crippen LogP contribution in [0.1, 0.15) is 39.5 Å². The molecule has 0 aliphatic carbocycles. The van der Waals surface area contributed by atoms with Crippen molar-refractivity contribution in [3.8, 4) is 0 Å². The molecule has 10 nitrogen and oxygen atoms in total. The predicted octanol–water partition coefficient (Wildman–Crippen LogP) is -0.755. The number of nitrogens with two attached hydrogens (primary N) is 1. The van der Waals surface area contributed by atoms with E-state index in [0.717, 1.165) is 11.8 Å². The predicted molar refractivity (Wildman–Crippen MR) is 101 cm³/mol. The number of thioether (sulfide) groups is 1. The topological polar surface area (TPSA) is 154 Å². The van der Waals surface area contributed by atoms with Crippen molar-refractivity contribution in [2.75, 3.05) is 25.4 Å². The highest BCUT2D eigenvalue weighted by atomic mass is 32.2. The Morgan fingerprint density at radius 3 is 2.61 bits per heavy atom. The van der Waals surface area contributed by atoms with Gasteiger partial charge in [-0.1, -0.05) is 18.7 Å². The van der Waals surface area contributed by atoms with Crippen molar-refractivity contribution in [2.24, 2.45) is 5.73 Å². The van der Waals surface area contributed by atoms with Gasteiger partial charge in [0.1, 0.15) is 0 Å². The lowest BCUT2D eigenvalue weighted by Gasteiger charge is -2.30. The van der Waals surface area contributed by atoms with E-state index in [1.807, 2.05) is 0 Å². The number of cyclic esters (lactones) is 1. The second-order valence-electron chi connectivity index (χ2n) is 6.40. The van der Waals surface area contributed by atoms with Crippen molar-refractivity contribution in [1.29, 1.82) is 0 Å². The highest BCUT2D eigenvalue weighted by Gasteiger charge is 2.46. The van der Waals surface area contributed by atoms with E-state index >= 15 is 0 Å². The van der Waals surface area contributed by atoms with Gasteiger partial charge >= 0.3 is 11.9 Å². The average Bonchev–Trinajstić information content (AvgIpc) is 2.65. The molecule has 0 saturated carbocycles. The zero-order valence-electron chi connectivity index (χ0n) is 16.1. The summed E-state index contributed by atoms with van der Waals surface area (Å²) < 4.78 is 10.1. The van der Waals surface area contributed by atoms with Gasteiger partial charge in [0.25, 0.3) is 5.91 Å². The summed E-state index contributed by atoms with van der Waals surface area (Å²) in [6.07, 6.45) is -1.50. The fourth-order valence-corrected chi connectivity index (χ4v) is 2.89. The first-order chi connectivity index (χ1) is 13.2. The first kappa shape index (κ1) is 23.9. The molecule has 1 aliphatic heterocycles. The van der Waals surface area contributed by atoms with E-state index in [2.05, 4.69) is 10.6 Å². The molecular weight excluding hydrogens is 390 g/mol. The molecule has 0 bridgehead atoms. The second kappa shape index (κ2) is 11.6. The van der Waals surface area contributed by atoms with Crippen molar-refractivity contribution in [3.63, 3.8) is 0 Å². The Morgan fingerprint density at radius 1 is 1.21 bits per heavy atom. The van der Waals surface area contributed by atoms with Crippen LogP contribution in [0, 0.1) is 0 Å². The molecule has 0 aromatic carbocycles. The van der Waals surface area contributed by atoms with Gasteiger partial charge in [0.05, 0.1) is 13.0 Å². The van der Waals surface area contributed by atoms with E-state index < -0.39 is 29.5 Å². The van der Waals surface area contributed by atoms with Crippen LogP contribution in [0.3, 0.4) is 0 Å². The smallest absolute Gasteiger partial charge is 0.330 e. The van der Waals surface area contributed by atoms with Crippen LogP contribution in [0.25, 0.3) is 0 Å². The van der Waals surface area contributed by atoms with Crippen LogP contribution in [0.15, 0.2) is 0 Å². The van der Waals surface area contributed by atoms with Crippen molar-refractivity contribution < 1.29 is 33.4 Å². The molecule has 1 heterocycles. The monoisotopic (exact) mass is 417 g/mol. The van der Waals surface area contributed by atoms with Gasteiger partial charge in [-0.2, -0.15) is 0 Å². The van der Waals surface area contributed by atoms with Crippen LogP contribution in [0.4, 0.5) is 0 Å². The maximum atomic E-state index is 12.5. The molecule has 1 aliphatic rings. The molecule has 11 heteroatoms. The highest BCUT2D eigenvalue weighted by Crippen LogP contribution is 2.16. The summed E-state index contributed by atoms with van der Waals surface area (Å²) in [7, 11) is 0. The molecule has 2 amide bonds. The largest absolute Gasteiger partial charge is 0.464 e. The average molecular weight is 417 g/mol. The summed E-state index contributed by atoms with van der Waals surface area (Å²) in [5, 5.41) is 4.81. The Morgan fingerprint density at radius 2 is 1.93 bits per heavy atom. The molecular formula is C17H27N3O7S. The minimum atomic E-state index is -1.94. The number of carbonyl (C=O) groups is 5. The molecule has 0 aromatic rings. The molecule has 1 unspecified atom stereocenters. The third-order valence-corrected chi connectivity index (χ3v) is 4.72. The lowest BCUT2D eigenvalue weighted by atomic mass is 9.95. The third kappa shape index (κ3) is 7.85. The Hall–Kier alpha value is -2.14. The number of hydrogen-bond donors (Lipinski definition) is 3. The van der Waals surface area contributed by atoms with Crippen molar-refractivity contribution in [3.05, 3.63) is 0 Å². The van der Waals surface area contributed by atoms with E-state index in [1.165, 1.54) is 6.92 Å². The normalized spacial score (nSPS) is 22.6. The molecule has 28 heavy (non-hydrogen) atoms. The van der Waals surface area contributed by atoms with Gasteiger partial charge in [-0.05, 0) is 13.3 Å². The second-order valence-corrected chi connectivity index (χ2v) is 7.55. The zero-order chi connectivity index (χ0) is 21.2. The number of carbonyl (C=O) groups excluding carboxylic acids is 5. The minimum absolute atomic E-state index is 0.0212. The van der Waals surface area contributed by atoms with Crippen molar-refractivity contribution in [2.45, 2.75) is 51.2 Å². The lowest BCUT2D eigenvalue weighted by Crippen LogP contribution is -2.62. The number of esters is 2. The molecule has 4 N–H and O–H groups in total. The Kier molecular flexibility index (Phi) is 9.94. The molecule has 0 radical (unpaired) electrons. The molecule has 1 fully saturated rings. The van der Waals surface area contributed by atoms with Crippen LogP contribution < -0.4 is 16.4 Å². The maximum Gasteiger partial charge on any atom is 0.330 e. The SMILES string of the molecule is CCCOC(=O)[C@](C)(N)C1OC(=O)CCC(=O)SCCNC(=O)CCNC1=O.